The predicted octanol–water partition coefficient (Wildman–Crippen LogP) is 0.515. The Labute approximate surface area is 120 Å². The fourth-order valence-corrected chi connectivity index (χ4v) is 0.643. The molecule has 7 heteroatoms. The lowest BCUT2D eigenvalue weighted by atomic mass is 10.4. The summed E-state index contributed by atoms with van der Waals surface area (Å²) in [4.78, 5) is 20.6. The van der Waals surface area contributed by atoms with Gasteiger partial charge in [-0.3, -0.25) is 9.59 Å². The third-order valence-electron chi connectivity index (χ3n) is 1.41. The van der Waals surface area contributed by atoms with Crippen LogP contribution in [-0.2, 0) is 23.8 Å². The molecule has 0 spiro atoms. The van der Waals surface area contributed by atoms with Gasteiger partial charge in [-0.1, -0.05) is 6.92 Å². The van der Waals surface area contributed by atoms with Crippen LogP contribution in [0.4, 0.5) is 0 Å². The molecule has 0 rings (SSSR count). The van der Waals surface area contributed by atoms with E-state index in [4.69, 9.17) is 10.2 Å². The highest BCUT2D eigenvalue weighted by Crippen LogP contribution is 1.92. The summed E-state index contributed by atoms with van der Waals surface area (Å²) in [7, 11) is 1.55. The maximum atomic E-state index is 10.3. The molecular weight excluding hydrogens is 268 g/mol. The summed E-state index contributed by atoms with van der Waals surface area (Å²) in [6.45, 7) is 7.21. The second kappa shape index (κ2) is 20.1. The fourth-order valence-electron chi connectivity index (χ4n) is 0.643. The lowest BCUT2D eigenvalue weighted by molar-refractivity contribution is -0.155. The van der Waals surface area contributed by atoms with Crippen molar-refractivity contribution in [3.8, 4) is 0 Å². The average Bonchev–Trinajstić information content (AvgIpc) is 2.37. The number of esters is 2. The Bertz CT molecular complexity index is 215. The molecule has 0 aromatic heterocycles. The second-order valence-corrected chi connectivity index (χ2v) is 3.66. The molecule has 20 heavy (non-hydrogen) atoms. The number of rotatable bonds is 6. The Morgan fingerprint density at radius 3 is 1.80 bits per heavy atom. The number of carbonyl (C=O) groups is 2. The molecule has 0 aliphatic heterocycles. The monoisotopic (exact) mass is 296 g/mol. The first-order valence-corrected chi connectivity index (χ1v) is 6.36. The first-order chi connectivity index (χ1) is 9.35. The summed E-state index contributed by atoms with van der Waals surface area (Å²) in [6.07, 6.45) is 0.511. The van der Waals surface area contributed by atoms with Crippen molar-refractivity contribution in [3.05, 3.63) is 0 Å². The Morgan fingerprint density at radius 2 is 1.60 bits per heavy atom. The maximum absolute atomic E-state index is 10.3. The molecule has 0 radical (unpaired) electrons. The summed E-state index contributed by atoms with van der Waals surface area (Å²) >= 11 is 0. The van der Waals surface area contributed by atoms with Crippen LogP contribution in [-0.4, -0.2) is 61.8 Å². The van der Waals surface area contributed by atoms with Gasteiger partial charge in [-0.15, -0.1) is 0 Å². The van der Waals surface area contributed by atoms with Gasteiger partial charge < -0.3 is 24.4 Å². The van der Waals surface area contributed by atoms with E-state index in [-0.39, 0.29) is 31.3 Å². The van der Waals surface area contributed by atoms with Crippen molar-refractivity contribution < 1.29 is 34.0 Å². The largest absolute Gasteiger partial charge is 0.462 e. The van der Waals surface area contributed by atoms with Crippen LogP contribution < -0.4 is 0 Å². The number of aliphatic hydroxyl groups excluding tert-OH is 2. The number of methoxy groups -OCH3 is 1. The molecule has 0 fully saturated rings. The number of carbonyl (C=O) groups excluding carboxylic acids is 2. The van der Waals surface area contributed by atoms with Gasteiger partial charge in [-0.25, -0.2) is 0 Å². The van der Waals surface area contributed by atoms with Crippen LogP contribution in [0.3, 0.4) is 0 Å². The van der Waals surface area contributed by atoms with E-state index in [1.807, 2.05) is 6.92 Å². The van der Waals surface area contributed by atoms with Crippen molar-refractivity contribution in [1.82, 2.24) is 0 Å². The van der Waals surface area contributed by atoms with Crippen molar-refractivity contribution in [3.63, 3.8) is 0 Å². The lowest BCUT2D eigenvalue weighted by Crippen LogP contribution is -2.19. The summed E-state index contributed by atoms with van der Waals surface area (Å²) in [5, 5.41) is 15.8. The normalized spacial score (nSPS) is 10.2. The van der Waals surface area contributed by atoms with E-state index in [2.05, 4.69) is 14.2 Å². The van der Waals surface area contributed by atoms with Crippen LogP contribution in [0.2, 0.25) is 0 Å². The molecule has 0 bridgehead atoms. The number of hydrogen-bond acceptors (Lipinski definition) is 7. The molecular formula is C13H28O7. The van der Waals surface area contributed by atoms with E-state index in [0.29, 0.717) is 13.2 Å². The Morgan fingerprint density at radius 1 is 1.10 bits per heavy atom. The van der Waals surface area contributed by atoms with Crippen molar-refractivity contribution in [2.45, 2.75) is 40.2 Å². The van der Waals surface area contributed by atoms with Gasteiger partial charge in [0, 0.05) is 27.6 Å². The van der Waals surface area contributed by atoms with Gasteiger partial charge in [0.15, 0.2) is 0 Å². The molecule has 7 nitrogen and oxygen atoms in total. The maximum Gasteiger partial charge on any atom is 0.303 e. The van der Waals surface area contributed by atoms with Crippen LogP contribution in [0.15, 0.2) is 0 Å². The summed E-state index contributed by atoms with van der Waals surface area (Å²) in [5.74, 6) is -0.742. The zero-order valence-corrected chi connectivity index (χ0v) is 13.0. The van der Waals surface area contributed by atoms with Crippen LogP contribution in [0.5, 0.6) is 0 Å². The first kappa shape index (κ1) is 23.9. The molecule has 122 valence electrons. The molecule has 2 N–H and O–H groups in total. The topological polar surface area (TPSA) is 102 Å². The molecule has 0 saturated carbocycles. The lowest BCUT2D eigenvalue weighted by Gasteiger charge is -2.10. The molecule has 0 heterocycles. The van der Waals surface area contributed by atoms with E-state index >= 15 is 0 Å². The predicted molar refractivity (Wildman–Crippen MR) is 74.2 cm³/mol. The van der Waals surface area contributed by atoms with Gasteiger partial charge in [0.25, 0.3) is 0 Å². The van der Waals surface area contributed by atoms with E-state index in [0.717, 1.165) is 6.42 Å². The number of ether oxygens (including phenoxy) is 3. The minimum atomic E-state index is -0.371. The minimum Gasteiger partial charge on any atom is -0.462 e. The third-order valence-corrected chi connectivity index (χ3v) is 1.41. The van der Waals surface area contributed by atoms with Crippen LogP contribution in [0.1, 0.15) is 34.1 Å². The van der Waals surface area contributed by atoms with Gasteiger partial charge in [0.05, 0.1) is 13.2 Å². The SMILES string of the molecule is CC(=O)OCC(C)OC(C)=O.CCCO.COCCO. The van der Waals surface area contributed by atoms with Gasteiger partial charge >= 0.3 is 11.9 Å². The minimum absolute atomic E-state index is 0.120. The van der Waals surface area contributed by atoms with Crippen molar-refractivity contribution in [2.75, 3.05) is 33.5 Å². The van der Waals surface area contributed by atoms with Gasteiger partial charge in [0.2, 0.25) is 0 Å². The smallest absolute Gasteiger partial charge is 0.303 e. The van der Waals surface area contributed by atoms with Crippen molar-refractivity contribution in [2.24, 2.45) is 0 Å². The molecule has 0 amide bonds. The Hall–Kier alpha value is -1.18. The fraction of sp³-hybridized carbons (Fsp3) is 0.846. The molecule has 0 saturated heterocycles. The van der Waals surface area contributed by atoms with E-state index < -0.39 is 0 Å². The highest BCUT2D eigenvalue weighted by atomic mass is 16.6. The zero-order chi connectivity index (χ0) is 16.4. The van der Waals surface area contributed by atoms with Gasteiger partial charge in [0.1, 0.15) is 12.7 Å². The zero-order valence-electron chi connectivity index (χ0n) is 13.0. The molecule has 1 unspecified atom stereocenters. The molecule has 0 aromatic rings. The Balaban J connectivity index is -0.000000266. The Kier molecular flexibility index (Phi) is 24.1. The molecule has 0 aliphatic rings. The molecule has 0 aromatic carbocycles. The van der Waals surface area contributed by atoms with Crippen LogP contribution >= 0.6 is 0 Å². The summed E-state index contributed by atoms with van der Waals surface area (Å²) in [6, 6.07) is 0. The highest BCUT2D eigenvalue weighted by Gasteiger charge is 2.06. The molecule has 1 atom stereocenters. The number of aliphatic hydroxyl groups is 2. The first-order valence-electron chi connectivity index (χ1n) is 6.36. The van der Waals surface area contributed by atoms with E-state index in [1.165, 1.54) is 13.8 Å². The van der Waals surface area contributed by atoms with Crippen molar-refractivity contribution in [1.29, 1.82) is 0 Å². The second-order valence-electron chi connectivity index (χ2n) is 3.66. The standard InChI is InChI=1S/C7H12O4.C3H8O2.C3H8O/c1-5(11-7(3)9)4-10-6(2)8;1-5-3-2-4;1-2-3-4/h5H,4H2,1-3H3;4H,2-3H2,1H3;4H,2-3H2,1H3. The average molecular weight is 296 g/mol. The quantitative estimate of drug-likeness (QED) is 0.689. The third kappa shape index (κ3) is 36.0. The van der Waals surface area contributed by atoms with Crippen molar-refractivity contribution >= 4 is 11.9 Å². The van der Waals surface area contributed by atoms with Gasteiger partial charge in [-0.2, -0.15) is 0 Å². The summed E-state index contributed by atoms with van der Waals surface area (Å²) in [5.41, 5.74) is 0. The van der Waals surface area contributed by atoms with Crippen LogP contribution in [0.25, 0.3) is 0 Å². The van der Waals surface area contributed by atoms with Crippen LogP contribution in [0, 0.1) is 0 Å². The van der Waals surface area contributed by atoms with Gasteiger partial charge in [-0.05, 0) is 13.3 Å². The number of hydrogen-bond donors (Lipinski definition) is 2. The van der Waals surface area contributed by atoms with E-state index in [9.17, 15) is 9.59 Å². The summed E-state index contributed by atoms with van der Waals surface area (Å²) < 4.78 is 13.7. The molecule has 0 aliphatic carbocycles. The van der Waals surface area contributed by atoms with E-state index in [1.54, 1.807) is 14.0 Å². The highest BCUT2D eigenvalue weighted by molar-refractivity contribution is 5.67.